The Labute approximate surface area is 70.3 Å². The summed E-state index contributed by atoms with van der Waals surface area (Å²) in [4.78, 5) is 0. The van der Waals surface area contributed by atoms with E-state index < -0.39 is 27.5 Å². The van der Waals surface area contributed by atoms with Gasteiger partial charge in [0, 0.05) is 0 Å². The van der Waals surface area contributed by atoms with Gasteiger partial charge < -0.3 is 4.55 Å². The van der Waals surface area contributed by atoms with Crippen LogP contribution in [0.5, 0.6) is 0 Å². The second-order valence-electron chi connectivity index (χ2n) is 2.21. The van der Waals surface area contributed by atoms with E-state index in [9.17, 15) is 34.9 Å². The summed E-state index contributed by atoms with van der Waals surface area (Å²) in [5, 5.41) is -5.94. The molecule has 0 fully saturated rings. The van der Waals surface area contributed by atoms with Crippen LogP contribution in [0.2, 0.25) is 0 Å². The fourth-order valence-electron chi connectivity index (χ4n) is 0.398. The quantitative estimate of drug-likeness (QED) is 0.536. The molecule has 3 nitrogen and oxygen atoms in total. The second-order valence-corrected chi connectivity index (χ2v) is 3.63. The molecule has 0 radical (unpaired) electrons. The Balaban J connectivity index is 5.29. The first-order valence-electron chi connectivity index (χ1n) is 2.79. The van der Waals surface area contributed by atoms with E-state index in [0.717, 1.165) is 0 Å². The van der Waals surface area contributed by atoms with Crippen molar-refractivity contribution in [2.75, 3.05) is 0 Å². The Hall–Kier alpha value is -0.440. The van der Waals surface area contributed by atoms with Crippen LogP contribution >= 0.6 is 0 Å². The Morgan fingerprint density at radius 3 is 1.62 bits per heavy atom. The minimum atomic E-state index is -6.58. The molecule has 0 aromatic rings. The second kappa shape index (κ2) is 3.05. The van der Waals surface area contributed by atoms with Gasteiger partial charge in [0.15, 0.2) is 16.3 Å². The van der Waals surface area contributed by atoms with Gasteiger partial charge in [-0.2, -0.15) is 17.6 Å². The van der Waals surface area contributed by atoms with Gasteiger partial charge in [-0.15, -0.1) is 0 Å². The topological polar surface area (TPSA) is 57.2 Å². The van der Waals surface area contributed by atoms with Gasteiger partial charge in [-0.25, -0.2) is 12.8 Å². The number of hydrogen-bond donors (Lipinski definition) is 0. The van der Waals surface area contributed by atoms with Crippen LogP contribution in [0.3, 0.4) is 0 Å². The first kappa shape index (κ1) is 12.6. The molecule has 1 atom stereocenters. The van der Waals surface area contributed by atoms with Gasteiger partial charge in [0.05, 0.1) is 0 Å². The average Bonchev–Trinajstić information content (AvgIpc) is 1.84. The molecular formula is C4H4F5O3S-. The van der Waals surface area contributed by atoms with Gasteiger partial charge >= 0.3 is 11.2 Å². The molecule has 0 aromatic heterocycles. The van der Waals surface area contributed by atoms with E-state index in [0.29, 0.717) is 0 Å². The van der Waals surface area contributed by atoms with E-state index in [1.54, 1.807) is 0 Å². The monoisotopic (exact) mass is 227 g/mol. The summed E-state index contributed by atoms with van der Waals surface area (Å²) in [6.07, 6.45) is -3.44. The summed E-state index contributed by atoms with van der Waals surface area (Å²) in [5.41, 5.74) is 0. The predicted molar refractivity (Wildman–Crippen MR) is 30.2 cm³/mol. The molecular weight excluding hydrogens is 223 g/mol. The van der Waals surface area contributed by atoms with Crippen LogP contribution in [0.25, 0.3) is 0 Å². The van der Waals surface area contributed by atoms with E-state index >= 15 is 0 Å². The molecule has 0 amide bonds. The molecule has 0 aliphatic carbocycles. The lowest BCUT2D eigenvalue weighted by atomic mass is 10.2. The van der Waals surface area contributed by atoms with E-state index in [1.165, 1.54) is 0 Å². The zero-order chi connectivity index (χ0) is 11.1. The molecule has 0 N–H and O–H groups in total. The number of rotatable bonds is 3. The van der Waals surface area contributed by atoms with Crippen molar-refractivity contribution in [1.29, 1.82) is 0 Å². The van der Waals surface area contributed by atoms with E-state index in [2.05, 4.69) is 0 Å². The zero-order valence-corrected chi connectivity index (χ0v) is 6.92. The van der Waals surface area contributed by atoms with Gasteiger partial charge in [-0.3, -0.25) is 0 Å². The molecule has 9 heteroatoms. The van der Waals surface area contributed by atoms with Gasteiger partial charge in [0.2, 0.25) is 0 Å². The number of halogens is 5. The molecule has 1 unspecified atom stereocenters. The molecule has 0 aliphatic rings. The Kier molecular flexibility index (Phi) is 2.95. The van der Waals surface area contributed by atoms with Crippen LogP contribution in [0, 0.1) is 0 Å². The maximum absolute atomic E-state index is 12.1. The summed E-state index contributed by atoms with van der Waals surface area (Å²) < 4.78 is 89.2. The predicted octanol–water partition coefficient (Wildman–Crippen LogP) is 1.12. The minimum Gasteiger partial charge on any atom is -0.743 e. The van der Waals surface area contributed by atoms with Crippen molar-refractivity contribution in [3.63, 3.8) is 0 Å². The van der Waals surface area contributed by atoms with E-state index in [1.807, 2.05) is 0 Å². The van der Waals surface area contributed by atoms with Crippen molar-refractivity contribution in [2.45, 2.75) is 24.3 Å². The largest absolute Gasteiger partial charge is 0.743 e. The Morgan fingerprint density at radius 2 is 1.54 bits per heavy atom. The van der Waals surface area contributed by atoms with Crippen molar-refractivity contribution in [3.05, 3.63) is 0 Å². The van der Waals surface area contributed by atoms with Crippen molar-refractivity contribution in [2.24, 2.45) is 0 Å². The van der Waals surface area contributed by atoms with Crippen LogP contribution in [0.1, 0.15) is 6.92 Å². The van der Waals surface area contributed by atoms with Crippen LogP contribution in [0.4, 0.5) is 22.0 Å². The average molecular weight is 227 g/mol. The lowest BCUT2D eigenvalue weighted by molar-refractivity contribution is -0.193. The molecule has 0 aromatic carbocycles. The van der Waals surface area contributed by atoms with Gasteiger partial charge in [-0.1, -0.05) is 0 Å². The highest BCUT2D eigenvalue weighted by molar-refractivity contribution is 7.86. The van der Waals surface area contributed by atoms with E-state index in [-0.39, 0.29) is 6.92 Å². The van der Waals surface area contributed by atoms with Crippen molar-refractivity contribution >= 4 is 10.1 Å². The van der Waals surface area contributed by atoms with Crippen molar-refractivity contribution in [3.8, 4) is 0 Å². The van der Waals surface area contributed by atoms with Crippen molar-refractivity contribution < 1.29 is 34.9 Å². The third-order valence-electron chi connectivity index (χ3n) is 1.20. The van der Waals surface area contributed by atoms with E-state index in [4.69, 9.17) is 0 Å². The third-order valence-corrected chi connectivity index (χ3v) is 2.10. The zero-order valence-electron chi connectivity index (χ0n) is 6.10. The fraction of sp³-hybridized carbons (Fsp3) is 1.00. The molecule has 0 rings (SSSR count). The van der Waals surface area contributed by atoms with Crippen LogP contribution in [0.15, 0.2) is 0 Å². The molecule has 0 saturated carbocycles. The molecule has 0 spiro atoms. The maximum Gasteiger partial charge on any atom is 0.399 e. The summed E-state index contributed by atoms with van der Waals surface area (Å²) in [6, 6.07) is 0. The number of hydrogen-bond acceptors (Lipinski definition) is 3. The Morgan fingerprint density at radius 1 is 1.23 bits per heavy atom. The molecule has 80 valence electrons. The summed E-state index contributed by atoms with van der Waals surface area (Å²) >= 11 is 0. The molecule has 0 bridgehead atoms. The minimum absolute atomic E-state index is 0.0269. The standard InChI is InChI=1S/C4H5F5O3S/c1-2(5)3(6,7)4(8,9)13(10,11)12/h2H,1H3,(H,10,11,12)/p-1. The molecule has 13 heavy (non-hydrogen) atoms. The third kappa shape index (κ3) is 1.90. The van der Waals surface area contributed by atoms with Crippen molar-refractivity contribution in [1.82, 2.24) is 0 Å². The molecule has 0 saturated heterocycles. The normalized spacial score (nSPS) is 17.2. The summed E-state index contributed by atoms with van der Waals surface area (Å²) in [6.45, 7) is 0.0269. The molecule has 0 heterocycles. The lowest BCUT2D eigenvalue weighted by Gasteiger charge is -2.28. The van der Waals surface area contributed by atoms with Gasteiger partial charge in [0.25, 0.3) is 0 Å². The van der Waals surface area contributed by atoms with Crippen LogP contribution in [-0.4, -0.2) is 30.3 Å². The molecule has 0 aliphatic heterocycles. The lowest BCUT2D eigenvalue weighted by Crippen LogP contribution is -2.51. The van der Waals surface area contributed by atoms with Crippen LogP contribution < -0.4 is 0 Å². The summed E-state index contributed by atoms with van der Waals surface area (Å²) in [5.74, 6) is -5.52. The fourth-order valence-corrected chi connectivity index (χ4v) is 0.894. The highest BCUT2D eigenvalue weighted by Crippen LogP contribution is 2.41. The number of alkyl halides is 5. The van der Waals surface area contributed by atoms with Gasteiger partial charge in [-0.05, 0) is 6.92 Å². The first-order chi connectivity index (χ1) is 5.44. The van der Waals surface area contributed by atoms with Gasteiger partial charge in [0.1, 0.15) is 0 Å². The maximum atomic E-state index is 12.1. The Bertz CT molecular complexity index is 282. The smallest absolute Gasteiger partial charge is 0.399 e. The highest BCUT2D eigenvalue weighted by atomic mass is 32.2. The van der Waals surface area contributed by atoms with Crippen LogP contribution in [-0.2, 0) is 10.1 Å². The highest BCUT2D eigenvalue weighted by Gasteiger charge is 2.65. The summed E-state index contributed by atoms with van der Waals surface area (Å²) in [7, 11) is -6.58. The first-order valence-corrected chi connectivity index (χ1v) is 4.20. The SMILES string of the molecule is CC(F)C(F)(F)C(F)(F)S(=O)(=O)[O-].